The van der Waals surface area contributed by atoms with E-state index in [0.29, 0.717) is 16.9 Å². The summed E-state index contributed by atoms with van der Waals surface area (Å²) in [7, 11) is 0. The average molecular weight is 300 g/mol. The minimum absolute atomic E-state index is 0.00648. The molecule has 0 radical (unpaired) electrons. The average Bonchev–Trinajstić information content (AvgIpc) is 2.57. The highest BCUT2D eigenvalue weighted by atomic mass is 16.3. The van der Waals surface area contributed by atoms with E-state index >= 15 is 0 Å². The Balaban J connectivity index is 1.86. The number of aliphatic hydroxyl groups is 1. The van der Waals surface area contributed by atoms with Gasteiger partial charge in [0.25, 0.3) is 0 Å². The third-order valence-corrected chi connectivity index (χ3v) is 7.54. The molecule has 4 rings (SSSR count). The maximum absolute atomic E-state index is 12.7. The summed E-state index contributed by atoms with van der Waals surface area (Å²) in [6.07, 6.45) is 6.43. The predicted molar refractivity (Wildman–Crippen MR) is 87.2 cm³/mol. The van der Waals surface area contributed by atoms with Gasteiger partial charge < -0.3 is 5.11 Å². The van der Waals surface area contributed by atoms with E-state index in [2.05, 4.69) is 27.4 Å². The Bertz CT molecular complexity index is 597. The topological polar surface area (TPSA) is 37.3 Å². The number of carbonyl (C=O) groups is 1. The van der Waals surface area contributed by atoms with E-state index in [1.165, 1.54) is 36.8 Å². The molecule has 0 aromatic heterocycles. The lowest BCUT2D eigenvalue weighted by molar-refractivity contribution is -0.119. The standard InChI is InChI=1S/C20H28O2/c1-11-13-10-12-6-7-14-19(2,3)8-5-9-20(14,4)16(12)15(17(11)21)18(13)22/h13-15,18,22H,1,5-10H2,2-4H3/t13-,14-,15?,18+,20-/m1/s1. The van der Waals surface area contributed by atoms with Gasteiger partial charge in [0.1, 0.15) is 0 Å². The van der Waals surface area contributed by atoms with Crippen molar-refractivity contribution >= 4 is 5.78 Å². The third-order valence-electron chi connectivity index (χ3n) is 7.54. The van der Waals surface area contributed by atoms with Crippen LogP contribution in [0.25, 0.3) is 0 Å². The lowest BCUT2D eigenvalue weighted by atomic mass is 9.47. The van der Waals surface area contributed by atoms with Crippen LogP contribution in [-0.4, -0.2) is 17.0 Å². The molecule has 4 aliphatic rings. The summed E-state index contributed by atoms with van der Waals surface area (Å²) >= 11 is 0. The van der Waals surface area contributed by atoms with Gasteiger partial charge in [0.15, 0.2) is 5.78 Å². The summed E-state index contributed by atoms with van der Waals surface area (Å²) in [5, 5.41) is 10.7. The first kappa shape index (κ1) is 14.7. The molecule has 2 nitrogen and oxygen atoms in total. The van der Waals surface area contributed by atoms with E-state index < -0.39 is 6.10 Å². The Morgan fingerprint density at radius 1 is 1.23 bits per heavy atom. The number of Topliss-reactive ketones (excluding diaryl/α,β-unsaturated/α-hetero) is 1. The summed E-state index contributed by atoms with van der Waals surface area (Å²) in [6, 6.07) is 0. The first-order valence-corrected chi connectivity index (χ1v) is 8.91. The molecular weight excluding hydrogens is 272 g/mol. The highest BCUT2D eigenvalue weighted by molar-refractivity contribution is 6.03. The van der Waals surface area contributed by atoms with Crippen molar-refractivity contribution in [2.75, 3.05) is 0 Å². The molecule has 0 aromatic carbocycles. The number of allylic oxidation sites excluding steroid dienone is 1. The van der Waals surface area contributed by atoms with Gasteiger partial charge in [-0.2, -0.15) is 0 Å². The molecule has 5 atom stereocenters. The zero-order valence-electron chi connectivity index (χ0n) is 14.1. The molecule has 0 amide bonds. The van der Waals surface area contributed by atoms with Crippen molar-refractivity contribution in [1.29, 1.82) is 0 Å². The number of aliphatic hydroxyl groups excluding tert-OH is 1. The minimum atomic E-state index is -0.514. The van der Waals surface area contributed by atoms with E-state index in [-0.39, 0.29) is 23.0 Å². The second-order valence-corrected chi connectivity index (χ2v) is 9.04. The van der Waals surface area contributed by atoms with Crippen molar-refractivity contribution in [2.24, 2.45) is 28.6 Å². The number of fused-ring (bicyclic) bond motifs is 5. The van der Waals surface area contributed by atoms with Gasteiger partial charge in [0.05, 0.1) is 12.0 Å². The molecule has 120 valence electrons. The van der Waals surface area contributed by atoms with Crippen LogP contribution < -0.4 is 0 Å². The van der Waals surface area contributed by atoms with Crippen molar-refractivity contribution in [2.45, 2.75) is 65.4 Å². The SMILES string of the molecule is C=C1C(=O)C2C3=C(CC[C@@H]4C(C)(C)CCC[C@@]34C)C[C@H]1[C@@H]2O. The van der Waals surface area contributed by atoms with E-state index in [1.807, 2.05) is 0 Å². The summed E-state index contributed by atoms with van der Waals surface area (Å²) in [6.45, 7) is 11.2. The maximum atomic E-state index is 12.7. The van der Waals surface area contributed by atoms with Crippen molar-refractivity contribution in [3.8, 4) is 0 Å². The van der Waals surface area contributed by atoms with Crippen LogP contribution in [0, 0.1) is 28.6 Å². The smallest absolute Gasteiger partial charge is 0.168 e. The summed E-state index contributed by atoms with van der Waals surface area (Å²) < 4.78 is 0. The maximum Gasteiger partial charge on any atom is 0.168 e. The van der Waals surface area contributed by atoms with Gasteiger partial charge in [-0.1, -0.05) is 44.9 Å². The lowest BCUT2D eigenvalue weighted by Crippen LogP contribution is -2.50. The second-order valence-electron chi connectivity index (χ2n) is 9.04. The van der Waals surface area contributed by atoms with Crippen LogP contribution in [0.5, 0.6) is 0 Å². The highest BCUT2D eigenvalue weighted by Gasteiger charge is 2.59. The number of carbonyl (C=O) groups excluding carboxylic acids is 1. The molecule has 2 bridgehead atoms. The molecule has 4 aliphatic carbocycles. The van der Waals surface area contributed by atoms with Crippen LogP contribution in [0.1, 0.15) is 59.3 Å². The number of hydrogen-bond donors (Lipinski definition) is 1. The lowest BCUT2D eigenvalue weighted by Gasteiger charge is -2.57. The first-order chi connectivity index (χ1) is 10.3. The fraction of sp³-hybridized carbons (Fsp3) is 0.750. The molecule has 0 heterocycles. The van der Waals surface area contributed by atoms with Gasteiger partial charge >= 0.3 is 0 Å². The Hall–Kier alpha value is -0.890. The Morgan fingerprint density at radius 3 is 2.68 bits per heavy atom. The summed E-state index contributed by atoms with van der Waals surface area (Å²) in [5.41, 5.74) is 3.95. The number of rotatable bonds is 0. The molecule has 0 aromatic rings. The molecule has 1 N–H and O–H groups in total. The highest BCUT2D eigenvalue weighted by Crippen LogP contribution is 2.64. The van der Waals surface area contributed by atoms with E-state index in [4.69, 9.17) is 0 Å². The van der Waals surface area contributed by atoms with Crippen LogP contribution in [0.4, 0.5) is 0 Å². The zero-order chi connectivity index (χ0) is 15.9. The fourth-order valence-electron chi connectivity index (χ4n) is 6.59. The van der Waals surface area contributed by atoms with Crippen molar-refractivity contribution in [3.05, 3.63) is 23.3 Å². The first-order valence-electron chi connectivity index (χ1n) is 8.91. The fourth-order valence-corrected chi connectivity index (χ4v) is 6.59. The minimum Gasteiger partial charge on any atom is -0.391 e. The third kappa shape index (κ3) is 1.62. The van der Waals surface area contributed by atoms with Crippen molar-refractivity contribution < 1.29 is 9.90 Å². The summed E-state index contributed by atoms with van der Waals surface area (Å²) in [4.78, 5) is 12.7. The molecule has 1 unspecified atom stereocenters. The zero-order valence-corrected chi connectivity index (χ0v) is 14.1. The van der Waals surface area contributed by atoms with Crippen molar-refractivity contribution in [1.82, 2.24) is 0 Å². The molecule has 2 saturated carbocycles. The van der Waals surface area contributed by atoms with Crippen LogP contribution in [0.3, 0.4) is 0 Å². The van der Waals surface area contributed by atoms with Gasteiger partial charge in [0, 0.05) is 5.92 Å². The van der Waals surface area contributed by atoms with E-state index in [9.17, 15) is 9.90 Å². The van der Waals surface area contributed by atoms with Crippen LogP contribution in [0.2, 0.25) is 0 Å². The predicted octanol–water partition coefficient (Wildman–Crippen LogP) is 4.05. The largest absolute Gasteiger partial charge is 0.391 e. The van der Waals surface area contributed by atoms with Gasteiger partial charge in [-0.25, -0.2) is 0 Å². The van der Waals surface area contributed by atoms with Gasteiger partial charge in [-0.3, -0.25) is 4.79 Å². The Labute approximate surface area is 133 Å². The van der Waals surface area contributed by atoms with Crippen molar-refractivity contribution in [3.63, 3.8) is 0 Å². The normalized spacial score (nSPS) is 46.5. The molecule has 0 spiro atoms. The second kappa shape index (κ2) is 4.35. The number of hydrogen-bond acceptors (Lipinski definition) is 2. The quantitative estimate of drug-likeness (QED) is 0.541. The molecule has 22 heavy (non-hydrogen) atoms. The van der Waals surface area contributed by atoms with Crippen LogP contribution in [-0.2, 0) is 4.79 Å². The molecule has 2 heteroatoms. The monoisotopic (exact) mass is 300 g/mol. The van der Waals surface area contributed by atoms with Gasteiger partial charge in [0.2, 0.25) is 0 Å². The van der Waals surface area contributed by atoms with Gasteiger partial charge in [-0.05, 0) is 54.4 Å². The van der Waals surface area contributed by atoms with Gasteiger partial charge in [-0.15, -0.1) is 0 Å². The molecule has 0 saturated heterocycles. The van der Waals surface area contributed by atoms with E-state index in [1.54, 1.807) is 0 Å². The Morgan fingerprint density at radius 2 is 1.95 bits per heavy atom. The Kier molecular flexibility index (Phi) is 2.90. The number of ketones is 1. The molecule has 2 fully saturated rings. The van der Waals surface area contributed by atoms with Crippen LogP contribution in [0.15, 0.2) is 23.3 Å². The van der Waals surface area contributed by atoms with Crippen LogP contribution >= 0.6 is 0 Å². The molecular formula is C20H28O2. The van der Waals surface area contributed by atoms with E-state index in [0.717, 1.165) is 12.8 Å². The molecule has 0 aliphatic heterocycles. The summed E-state index contributed by atoms with van der Waals surface area (Å²) in [5.74, 6) is 0.488.